The van der Waals surface area contributed by atoms with E-state index in [1.54, 1.807) is 0 Å². The van der Waals surface area contributed by atoms with Crippen LogP contribution in [0.1, 0.15) is 51.9 Å². The molecule has 3 atom stereocenters. The molecule has 2 nitrogen and oxygen atoms in total. The van der Waals surface area contributed by atoms with Gasteiger partial charge >= 0.3 is 0 Å². The molecule has 2 fully saturated rings. The Morgan fingerprint density at radius 1 is 1.18 bits per heavy atom. The van der Waals surface area contributed by atoms with Gasteiger partial charge in [-0.15, -0.1) is 0 Å². The summed E-state index contributed by atoms with van der Waals surface area (Å²) in [7, 11) is 6.76. The van der Waals surface area contributed by atoms with Crippen LogP contribution in [0, 0.1) is 11.8 Å². The number of hydrogen-bond acceptors (Lipinski definition) is 2. The lowest BCUT2D eigenvalue weighted by atomic mass is 9.64. The zero-order valence-electron chi connectivity index (χ0n) is 12.1. The SMILES string of the molecule is CNC(C1CCC1)C1(N(C)C)CCCC(C)C1. The maximum absolute atomic E-state index is 3.67. The molecule has 0 saturated heterocycles. The van der Waals surface area contributed by atoms with Crippen LogP contribution in [0.3, 0.4) is 0 Å². The highest BCUT2D eigenvalue weighted by Crippen LogP contribution is 2.44. The first kappa shape index (κ1) is 13.4. The number of rotatable bonds is 4. The van der Waals surface area contributed by atoms with E-state index >= 15 is 0 Å². The van der Waals surface area contributed by atoms with E-state index < -0.39 is 0 Å². The Morgan fingerprint density at radius 3 is 2.29 bits per heavy atom. The molecule has 3 unspecified atom stereocenters. The topological polar surface area (TPSA) is 15.3 Å². The first-order valence-corrected chi connectivity index (χ1v) is 7.45. The van der Waals surface area contributed by atoms with Crippen molar-refractivity contribution in [3.8, 4) is 0 Å². The first-order chi connectivity index (χ1) is 8.10. The smallest absolute Gasteiger partial charge is 0.0361 e. The highest BCUT2D eigenvalue weighted by molar-refractivity contribution is 5.05. The van der Waals surface area contributed by atoms with Crippen molar-refractivity contribution in [3.63, 3.8) is 0 Å². The maximum Gasteiger partial charge on any atom is 0.0361 e. The second-order valence-corrected chi connectivity index (χ2v) is 6.66. The van der Waals surface area contributed by atoms with E-state index in [0.29, 0.717) is 11.6 Å². The van der Waals surface area contributed by atoms with E-state index in [-0.39, 0.29) is 0 Å². The number of nitrogens with one attached hydrogen (secondary N) is 1. The lowest BCUT2D eigenvalue weighted by Gasteiger charge is -2.54. The number of likely N-dealkylation sites (N-methyl/N-ethyl adjacent to an activating group) is 2. The summed E-state index contributed by atoms with van der Waals surface area (Å²) in [5.74, 6) is 1.81. The average Bonchev–Trinajstić information content (AvgIpc) is 2.22. The van der Waals surface area contributed by atoms with Crippen molar-refractivity contribution in [2.24, 2.45) is 11.8 Å². The zero-order chi connectivity index (χ0) is 12.5. The fourth-order valence-electron chi connectivity index (χ4n) is 4.25. The van der Waals surface area contributed by atoms with E-state index in [2.05, 4.69) is 38.3 Å². The summed E-state index contributed by atoms with van der Waals surface area (Å²) in [6.45, 7) is 2.44. The Bertz CT molecular complexity index is 247. The summed E-state index contributed by atoms with van der Waals surface area (Å²) in [5, 5.41) is 3.67. The van der Waals surface area contributed by atoms with Crippen LogP contribution in [0.2, 0.25) is 0 Å². The van der Waals surface area contributed by atoms with Crippen LogP contribution in [-0.2, 0) is 0 Å². The molecule has 0 radical (unpaired) electrons. The van der Waals surface area contributed by atoms with Crippen LogP contribution in [0.4, 0.5) is 0 Å². The Hall–Kier alpha value is -0.0800. The molecule has 2 heteroatoms. The van der Waals surface area contributed by atoms with Crippen molar-refractivity contribution in [1.29, 1.82) is 0 Å². The second kappa shape index (κ2) is 5.27. The van der Waals surface area contributed by atoms with E-state index in [1.807, 2.05) is 0 Å². The molecule has 2 saturated carbocycles. The summed E-state index contributed by atoms with van der Waals surface area (Å²) < 4.78 is 0. The van der Waals surface area contributed by atoms with Crippen LogP contribution in [0.5, 0.6) is 0 Å². The first-order valence-electron chi connectivity index (χ1n) is 7.45. The van der Waals surface area contributed by atoms with Gasteiger partial charge in [0, 0.05) is 11.6 Å². The molecule has 17 heavy (non-hydrogen) atoms. The third-order valence-corrected chi connectivity index (χ3v) is 5.41. The Balaban J connectivity index is 2.18. The van der Waals surface area contributed by atoms with E-state index in [0.717, 1.165) is 11.8 Å². The summed E-state index contributed by atoms with van der Waals surface area (Å²) >= 11 is 0. The summed E-state index contributed by atoms with van der Waals surface area (Å²) in [4.78, 5) is 2.53. The van der Waals surface area contributed by atoms with Gasteiger partial charge in [-0.2, -0.15) is 0 Å². The molecule has 0 heterocycles. The van der Waals surface area contributed by atoms with Gasteiger partial charge in [0.1, 0.15) is 0 Å². The maximum atomic E-state index is 3.67. The minimum absolute atomic E-state index is 0.414. The van der Waals surface area contributed by atoms with Gasteiger partial charge in [0.25, 0.3) is 0 Å². The van der Waals surface area contributed by atoms with E-state index in [1.165, 1.54) is 44.9 Å². The van der Waals surface area contributed by atoms with Crippen LogP contribution < -0.4 is 5.32 Å². The van der Waals surface area contributed by atoms with Crippen LogP contribution >= 0.6 is 0 Å². The quantitative estimate of drug-likeness (QED) is 0.810. The fourth-order valence-corrected chi connectivity index (χ4v) is 4.25. The summed E-state index contributed by atoms with van der Waals surface area (Å²) in [6.07, 6.45) is 9.92. The van der Waals surface area contributed by atoms with Crippen molar-refractivity contribution in [2.45, 2.75) is 63.5 Å². The van der Waals surface area contributed by atoms with Crippen LogP contribution in [0.15, 0.2) is 0 Å². The predicted molar refractivity (Wildman–Crippen MR) is 74.2 cm³/mol. The monoisotopic (exact) mass is 238 g/mol. The Morgan fingerprint density at radius 2 is 1.88 bits per heavy atom. The summed E-state index contributed by atoms with van der Waals surface area (Å²) in [5.41, 5.74) is 0.414. The van der Waals surface area contributed by atoms with Gasteiger partial charge in [-0.25, -0.2) is 0 Å². The summed E-state index contributed by atoms with van der Waals surface area (Å²) in [6, 6.07) is 0.703. The Kier molecular flexibility index (Phi) is 4.14. The molecule has 0 amide bonds. The zero-order valence-corrected chi connectivity index (χ0v) is 12.1. The van der Waals surface area contributed by atoms with E-state index in [4.69, 9.17) is 0 Å². The molecule has 2 aliphatic rings. The highest BCUT2D eigenvalue weighted by Gasteiger charge is 2.47. The van der Waals surface area contributed by atoms with Gasteiger partial charge in [-0.3, -0.25) is 0 Å². The average molecular weight is 238 g/mol. The molecule has 0 aromatic rings. The lowest BCUT2D eigenvalue weighted by Crippen LogP contribution is -2.63. The van der Waals surface area contributed by atoms with Crippen molar-refractivity contribution in [3.05, 3.63) is 0 Å². The number of hydrogen-bond donors (Lipinski definition) is 1. The van der Waals surface area contributed by atoms with Crippen molar-refractivity contribution in [1.82, 2.24) is 10.2 Å². The van der Waals surface area contributed by atoms with Crippen molar-refractivity contribution >= 4 is 0 Å². The standard InChI is InChI=1S/C15H30N2/c1-12-7-6-10-15(11-12,17(3)4)14(16-2)13-8-5-9-13/h12-14,16H,5-11H2,1-4H3. The van der Waals surface area contributed by atoms with Crippen LogP contribution in [-0.4, -0.2) is 37.6 Å². The molecule has 0 spiro atoms. The molecular weight excluding hydrogens is 208 g/mol. The predicted octanol–water partition coefficient (Wildman–Crippen LogP) is 2.89. The second-order valence-electron chi connectivity index (χ2n) is 6.66. The minimum Gasteiger partial charge on any atom is -0.315 e. The molecule has 0 bridgehead atoms. The fraction of sp³-hybridized carbons (Fsp3) is 1.00. The van der Waals surface area contributed by atoms with Gasteiger partial charge in [-0.05, 0) is 58.7 Å². The normalized spacial score (nSPS) is 36.9. The van der Waals surface area contributed by atoms with Crippen molar-refractivity contribution in [2.75, 3.05) is 21.1 Å². The molecule has 1 N–H and O–H groups in total. The molecular formula is C15H30N2. The van der Waals surface area contributed by atoms with E-state index in [9.17, 15) is 0 Å². The Labute approximate surface area is 107 Å². The van der Waals surface area contributed by atoms with Crippen molar-refractivity contribution < 1.29 is 0 Å². The van der Waals surface area contributed by atoms with Gasteiger partial charge in [0.15, 0.2) is 0 Å². The highest BCUT2D eigenvalue weighted by atomic mass is 15.2. The van der Waals surface area contributed by atoms with Gasteiger partial charge < -0.3 is 10.2 Å². The van der Waals surface area contributed by atoms with Gasteiger partial charge in [0.2, 0.25) is 0 Å². The molecule has 100 valence electrons. The third kappa shape index (κ3) is 2.39. The molecule has 0 aliphatic heterocycles. The molecule has 0 aromatic carbocycles. The van der Waals surface area contributed by atoms with Gasteiger partial charge in [-0.1, -0.05) is 26.2 Å². The number of nitrogens with zero attached hydrogens (tertiary/aromatic N) is 1. The minimum atomic E-state index is 0.414. The lowest BCUT2D eigenvalue weighted by molar-refractivity contribution is 0.00235. The van der Waals surface area contributed by atoms with Crippen LogP contribution in [0.25, 0.3) is 0 Å². The largest absolute Gasteiger partial charge is 0.315 e. The molecule has 0 aromatic heterocycles. The third-order valence-electron chi connectivity index (χ3n) is 5.41. The molecule has 2 aliphatic carbocycles. The molecule has 2 rings (SSSR count). The van der Waals surface area contributed by atoms with Gasteiger partial charge in [0.05, 0.1) is 0 Å².